The second-order valence-corrected chi connectivity index (χ2v) is 12.5. The average molecular weight is 599 g/mol. The van der Waals surface area contributed by atoms with Gasteiger partial charge in [0.15, 0.2) is 0 Å². The van der Waals surface area contributed by atoms with Crippen molar-refractivity contribution in [2.45, 2.75) is 0 Å². The van der Waals surface area contributed by atoms with Gasteiger partial charge in [-0.15, -0.1) is 0 Å². The highest BCUT2D eigenvalue weighted by atomic mass is 16.3. The number of aromatic nitrogens is 2. The minimum Gasteiger partial charge on any atom is -0.455 e. The van der Waals surface area contributed by atoms with Crippen molar-refractivity contribution in [1.82, 2.24) is 9.13 Å². The van der Waals surface area contributed by atoms with Gasteiger partial charge in [-0.1, -0.05) is 97.1 Å². The van der Waals surface area contributed by atoms with Crippen LogP contribution in [0.5, 0.6) is 0 Å². The summed E-state index contributed by atoms with van der Waals surface area (Å²) < 4.78 is 11.9. The molecule has 3 heterocycles. The Balaban J connectivity index is 1.24. The third-order valence-electron chi connectivity index (χ3n) is 10.1. The summed E-state index contributed by atoms with van der Waals surface area (Å²) in [5.41, 5.74) is 8.78. The van der Waals surface area contributed by atoms with E-state index in [1.165, 1.54) is 43.4 Å². The van der Waals surface area contributed by atoms with Crippen molar-refractivity contribution in [3.63, 3.8) is 0 Å². The van der Waals surface area contributed by atoms with Crippen LogP contribution >= 0.6 is 0 Å². The lowest BCUT2D eigenvalue weighted by molar-refractivity contribution is 0.677. The molecule has 0 N–H and O–H groups in total. The number of nitrogens with zero attached hydrogens (tertiary/aromatic N) is 2. The maximum absolute atomic E-state index is 7.11. The van der Waals surface area contributed by atoms with Crippen molar-refractivity contribution in [2.24, 2.45) is 0 Å². The standard InChI is InChI=1S/C44H26N2O/c1-3-11-29-25-31(19-17-27(29)9-1)45-37-15-7-5-13-35(37)41-39(45)23-21-33-34-22-24-40-42(44(34)47-43(33)41)36-14-6-8-16-38(36)46(40)32-20-18-28-10-2-4-12-30(28)26-32/h1-26H. The molecule has 0 amide bonds. The van der Waals surface area contributed by atoms with Crippen LogP contribution in [-0.4, -0.2) is 9.13 Å². The third-order valence-corrected chi connectivity index (χ3v) is 10.1. The van der Waals surface area contributed by atoms with Crippen LogP contribution in [0, 0.1) is 0 Å². The molecule has 11 rings (SSSR count). The molecule has 0 aliphatic rings. The lowest BCUT2D eigenvalue weighted by atomic mass is 10.1. The van der Waals surface area contributed by atoms with E-state index >= 15 is 0 Å². The molecule has 0 aliphatic heterocycles. The highest BCUT2D eigenvalue weighted by Gasteiger charge is 2.22. The smallest absolute Gasteiger partial charge is 0.145 e. The van der Waals surface area contributed by atoms with Crippen LogP contribution in [0.1, 0.15) is 0 Å². The first-order valence-electron chi connectivity index (χ1n) is 16.1. The van der Waals surface area contributed by atoms with E-state index < -0.39 is 0 Å². The van der Waals surface area contributed by atoms with E-state index in [1.807, 2.05) is 0 Å². The maximum atomic E-state index is 7.11. The molecule has 11 aromatic rings. The lowest BCUT2D eigenvalue weighted by Crippen LogP contribution is -1.93. The minimum atomic E-state index is 0.934. The Morgan fingerprint density at radius 2 is 0.745 bits per heavy atom. The molecule has 0 aliphatic carbocycles. The van der Waals surface area contributed by atoms with Gasteiger partial charge >= 0.3 is 0 Å². The van der Waals surface area contributed by atoms with E-state index in [0.29, 0.717) is 0 Å². The summed E-state index contributed by atoms with van der Waals surface area (Å²) in [6.07, 6.45) is 0. The van der Waals surface area contributed by atoms with Gasteiger partial charge in [0.05, 0.1) is 32.8 Å². The fraction of sp³-hybridized carbons (Fsp3) is 0. The zero-order chi connectivity index (χ0) is 30.6. The first-order chi connectivity index (χ1) is 23.3. The van der Waals surface area contributed by atoms with Crippen LogP contribution < -0.4 is 0 Å². The van der Waals surface area contributed by atoms with Crippen LogP contribution in [0.15, 0.2) is 162 Å². The molecule has 0 spiro atoms. The predicted octanol–water partition coefficient (Wildman–Crippen LogP) is 12.1. The lowest BCUT2D eigenvalue weighted by Gasteiger charge is -2.09. The van der Waals surface area contributed by atoms with Crippen LogP contribution in [0.2, 0.25) is 0 Å². The average Bonchev–Trinajstić information content (AvgIpc) is 3.78. The van der Waals surface area contributed by atoms with Crippen LogP contribution in [0.3, 0.4) is 0 Å². The Morgan fingerprint density at radius 3 is 1.23 bits per heavy atom. The Bertz CT molecular complexity index is 2870. The van der Waals surface area contributed by atoms with Gasteiger partial charge in [-0.3, -0.25) is 0 Å². The van der Waals surface area contributed by atoms with Crippen molar-refractivity contribution in [3.8, 4) is 11.4 Å². The molecule has 47 heavy (non-hydrogen) atoms. The SMILES string of the molecule is c1ccc2cc(-n3c4ccccc4c4c5oc6c(ccc7c6c6ccccc6n7-c6ccc7ccccc7c6)c5ccc43)ccc2c1. The summed E-state index contributed by atoms with van der Waals surface area (Å²) in [5.74, 6) is 0. The van der Waals surface area contributed by atoms with E-state index in [-0.39, 0.29) is 0 Å². The van der Waals surface area contributed by atoms with Crippen LogP contribution in [-0.2, 0) is 0 Å². The van der Waals surface area contributed by atoms with Gasteiger partial charge < -0.3 is 13.6 Å². The summed E-state index contributed by atoms with van der Waals surface area (Å²) in [6, 6.07) is 57.0. The molecule has 0 bridgehead atoms. The normalized spacial score (nSPS) is 12.3. The van der Waals surface area contributed by atoms with Gasteiger partial charge in [0.25, 0.3) is 0 Å². The van der Waals surface area contributed by atoms with Crippen molar-refractivity contribution < 1.29 is 4.42 Å². The highest BCUT2D eigenvalue weighted by Crippen LogP contribution is 2.45. The van der Waals surface area contributed by atoms with Crippen molar-refractivity contribution in [2.75, 3.05) is 0 Å². The summed E-state index contributed by atoms with van der Waals surface area (Å²) in [6.45, 7) is 0. The number of benzene rings is 8. The molecular formula is C44H26N2O. The third kappa shape index (κ3) is 3.35. The Morgan fingerprint density at radius 1 is 0.319 bits per heavy atom. The summed E-state index contributed by atoms with van der Waals surface area (Å²) in [7, 11) is 0. The van der Waals surface area contributed by atoms with Gasteiger partial charge in [0.2, 0.25) is 0 Å². The molecule has 0 saturated carbocycles. The van der Waals surface area contributed by atoms with E-state index in [2.05, 4.69) is 167 Å². The van der Waals surface area contributed by atoms with Crippen LogP contribution in [0.4, 0.5) is 0 Å². The van der Waals surface area contributed by atoms with Crippen LogP contribution in [0.25, 0.3) is 98.5 Å². The van der Waals surface area contributed by atoms with Crippen molar-refractivity contribution in [1.29, 1.82) is 0 Å². The molecular weight excluding hydrogens is 572 g/mol. The first kappa shape index (κ1) is 24.9. The van der Waals surface area contributed by atoms with Gasteiger partial charge in [0, 0.05) is 32.9 Å². The molecule has 0 unspecified atom stereocenters. The molecule has 3 nitrogen and oxygen atoms in total. The maximum Gasteiger partial charge on any atom is 0.145 e. The zero-order valence-corrected chi connectivity index (χ0v) is 25.3. The van der Waals surface area contributed by atoms with Crippen molar-refractivity contribution in [3.05, 3.63) is 158 Å². The first-order valence-corrected chi connectivity index (χ1v) is 16.1. The van der Waals surface area contributed by atoms with Gasteiger partial charge in [-0.2, -0.15) is 0 Å². The number of hydrogen-bond donors (Lipinski definition) is 0. The van der Waals surface area contributed by atoms with Gasteiger partial charge in [0.1, 0.15) is 11.2 Å². The van der Waals surface area contributed by atoms with Gasteiger partial charge in [-0.25, -0.2) is 0 Å². The van der Waals surface area contributed by atoms with E-state index in [0.717, 1.165) is 55.1 Å². The Hall–Kier alpha value is -6.32. The number of para-hydroxylation sites is 2. The number of fused-ring (bicyclic) bond motifs is 13. The highest BCUT2D eigenvalue weighted by molar-refractivity contribution is 6.29. The van der Waals surface area contributed by atoms with E-state index in [4.69, 9.17) is 4.42 Å². The van der Waals surface area contributed by atoms with E-state index in [1.54, 1.807) is 0 Å². The largest absolute Gasteiger partial charge is 0.455 e. The quantitative estimate of drug-likeness (QED) is 0.194. The Kier molecular flexibility index (Phi) is 4.84. The number of rotatable bonds is 2. The zero-order valence-electron chi connectivity index (χ0n) is 25.3. The second kappa shape index (κ2) is 9.12. The van der Waals surface area contributed by atoms with Gasteiger partial charge in [-0.05, 0) is 82.2 Å². The topological polar surface area (TPSA) is 23.0 Å². The Labute approximate surface area is 269 Å². The monoisotopic (exact) mass is 598 g/mol. The number of hydrogen-bond acceptors (Lipinski definition) is 1. The summed E-state index contributed by atoms with van der Waals surface area (Å²) in [5, 5.41) is 11.9. The molecule has 0 atom stereocenters. The molecule has 0 saturated heterocycles. The minimum absolute atomic E-state index is 0.934. The molecule has 3 heteroatoms. The summed E-state index contributed by atoms with van der Waals surface area (Å²) in [4.78, 5) is 0. The van der Waals surface area contributed by atoms with E-state index in [9.17, 15) is 0 Å². The fourth-order valence-corrected chi connectivity index (χ4v) is 7.98. The number of furan rings is 1. The molecule has 8 aromatic carbocycles. The fourth-order valence-electron chi connectivity index (χ4n) is 7.98. The molecule has 218 valence electrons. The second-order valence-electron chi connectivity index (χ2n) is 12.5. The van der Waals surface area contributed by atoms with Crippen molar-refractivity contribution >= 4 is 87.1 Å². The summed E-state index contributed by atoms with van der Waals surface area (Å²) >= 11 is 0. The molecule has 0 fully saturated rings. The molecule has 0 radical (unpaired) electrons. The predicted molar refractivity (Wildman–Crippen MR) is 197 cm³/mol. The molecule has 3 aromatic heterocycles.